The molecule has 3 N–H and O–H groups in total. The lowest BCUT2D eigenvalue weighted by molar-refractivity contribution is -0.144. The Labute approximate surface area is 102 Å². The fourth-order valence-electron chi connectivity index (χ4n) is 3.49. The minimum atomic E-state index is -0.677. The molecule has 0 spiro atoms. The first-order chi connectivity index (χ1) is 7.88. The first-order valence-electron chi connectivity index (χ1n) is 6.57. The van der Waals surface area contributed by atoms with E-state index in [1.807, 2.05) is 0 Å². The predicted molar refractivity (Wildman–Crippen MR) is 64.7 cm³/mol. The van der Waals surface area contributed by atoms with E-state index in [1.54, 1.807) is 13.8 Å². The summed E-state index contributed by atoms with van der Waals surface area (Å²) in [5.74, 6) is 0.0357. The molecule has 0 amide bonds. The highest BCUT2D eigenvalue weighted by Gasteiger charge is 2.50. The SMILES string of the molecule is CC(C)(O)CCNC1C2CCC(C2)C1C(=O)O. The van der Waals surface area contributed by atoms with E-state index in [-0.39, 0.29) is 12.0 Å². The molecule has 2 saturated carbocycles. The van der Waals surface area contributed by atoms with Gasteiger partial charge in [0, 0.05) is 6.04 Å². The Hall–Kier alpha value is -0.610. The number of carbonyl (C=O) groups is 1. The average molecular weight is 241 g/mol. The third-order valence-electron chi connectivity index (χ3n) is 4.32. The monoisotopic (exact) mass is 241 g/mol. The zero-order valence-corrected chi connectivity index (χ0v) is 10.6. The zero-order valence-electron chi connectivity index (χ0n) is 10.6. The van der Waals surface area contributed by atoms with Crippen LogP contribution in [0.25, 0.3) is 0 Å². The summed E-state index contributed by atoms with van der Waals surface area (Å²) >= 11 is 0. The van der Waals surface area contributed by atoms with Crippen LogP contribution in [0.2, 0.25) is 0 Å². The Balaban J connectivity index is 1.89. The van der Waals surface area contributed by atoms with Crippen LogP contribution in [-0.2, 0) is 4.79 Å². The van der Waals surface area contributed by atoms with Crippen LogP contribution in [-0.4, -0.2) is 34.4 Å². The van der Waals surface area contributed by atoms with Crippen LogP contribution in [0, 0.1) is 17.8 Å². The maximum Gasteiger partial charge on any atom is 0.308 e. The molecule has 98 valence electrons. The molecule has 0 radical (unpaired) electrons. The number of nitrogens with one attached hydrogen (secondary N) is 1. The number of aliphatic carboxylic acids is 1. The molecule has 0 aromatic rings. The highest BCUT2D eigenvalue weighted by Crippen LogP contribution is 2.48. The van der Waals surface area contributed by atoms with Crippen molar-refractivity contribution in [2.75, 3.05) is 6.54 Å². The van der Waals surface area contributed by atoms with Crippen LogP contribution >= 0.6 is 0 Å². The molecular weight excluding hydrogens is 218 g/mol. The second-order valence-corrected chi connectivity index (χ2v) is 6.24. The Kier molecular flexibility index (Phi) is 3.46. The van der Waals surface area contributed by atoms with Gasteiger partial charge in [0.15, 0.2) is 0 Å². The summed E-state index contributed by atoms with van der Waals surface area (Å²) in [6.07, 6.45) is 3.96. The molecule has 2 fully saturated rings. The van der Waals surface area contributed by atoms with E-state index in [0.29, 0.717) is 24.8 Å². The van der Waals surface area contributed by atoms with Crippen LogP contribution < -0.4 is 5.32 Å². The predicted octanol–water partition coefficient (Wildman–Crippen LogP) is 1.24. The quantitative estimate of drug-likeness (QED) is 0.677. The Morgan fingerprint density at radius 1 is 1.35 bits per heavy atom. The molecule has 4 unspecified atom stereocenters. The normalized spacial score (nSPS) is 36.4. The molecule has 0 aromatic carbocycles. The number of rotatable bonds is 5. The fourth-order valence-corrected chi connectivity index (χ4v) is 3.49. The van der Waals surface area contributed by atoms with E-state index in [9.17, 15) is 15.0 Å². The minimum Gasteiger partial charge on any atom is -0.481 e. The second kappa shape index (κ2) is 4.58. The van der Waals surface area contributed by atoms with Crippen LogP contribution in [0.15, 0.2) is 0 Å². The van der Waals surface area contributed by atoms with Crippen molar-refractivity contribution >= 4 is 5.97 Å². The van der Waals surface area contributed by atoms with E-state index in [4.69, 9.17) is 0 Å². The lowest BCUT2D eigenvalue weighted by Crippen LogP contribution is -2.45. The van der Waals surface area contributed by atoms with E-state index in [2.05, 4.69) is 5.32 Å². The van der Waals surface area contributed by atoms with Gasteiger partial charge in [-0.25, -0.2) is 0 Å². The van der Waals surface area contributed by atoms with Gasteiger partial charge in [0.05, 0.1) is 11.5 Å². The van der Waals surface area contributed by atoms with Crippen molar-refractivity contribution in [2.24, 2.45) is 17.8 Å². The van der Waals surface area contributed by atoms with Crippen molar-refractivity contribution in [1.29, 1.82) is 0 Å². The van der Waals surface area contributed by atoms with Gasteiger partial charge in [-0.3, -0.25) is 4.79 Å². The number of aliphatic hydroxyl groups is 1. The number of hydrogen-bond acceptors (Lipinski definition) is 3. The molecule has 4 atom stereocenters. The minimum absolute atomic E-state index is 0.119. The first kappa shape index (κ1) is 12.8. The van der Waals surface area contributed by atoms with E-state index < -0.39 is 11.6 Å². The zero-order chi connectivity index (χ0) is 12.6. The largest absolute Gasteiger partial charge is 0.481 e. The highest BCUT2D eigenvalue weighted by atomic mass is 16.4. The number of hydrogen-bond donors (Lipinski definition) is 3. The van der Waals surface area contributed by atoms with Crippen molar-refractivity contribution in [2.45, 2.75) is 51.2 Å². The fraction of sp³-hybridized carbons (Fsp3) is 0.923. The summed E-state index contributed by atoms with van der Waals surface area (Å²) in [6.45, 7) is 4.26. The highest BCUT2D eigenvalue weighted by molar-refractivity contribution is 5.72. The summed E-state index contributed by atoms with van der Waals surface area (Å²) in [6, 6.07) is 0.119. The van der Waals surface area contributed by atoms with Gasteiger partial charge in [-0.15, -0.1) is 0 Å². The molecule has 2 rings (SSSR count). The van der Waals surface area contributed by atoms with E-state index >= 15 is 0 Å². The number of carboxylic acids is 1. The second-order valence-electron chi connectivity index (χ2n) is 6.24. The molecule has 4 nitrogen and oxygen atoms in total. The standard InChI is InChI=1S/C13H23NO3/c1-13(2,17)5-6-14-11-9-4-3-8(7-9)10(11)12(15)16/h8-11,14,17H,3-7H2,1-2H3,(H,15,16). The van der Waals surface area contributed by atoms with Gasteiger partial charge in [-0.1, -0.05) is 0 Å². The van der Waals surface area contributed by atoms with Crippen LogP contribution in [0.1, 0.15) is 39.5 Å². The Morgan fingerprint density at radius 3 is 2.59 bits per heavy atom. The smallest absolute Gasteiger partial charge is 0.308 e. The molecule has 2 bridgehead atoms. The topological polar surface area (TPSA) is 69.6 Å². The first-order valence-corrected chi connectivity index (χ1v) is 6.57. The lowest BCUT2D eigenvalue weighted by Gasteiger charge is -2.30. The molecule has 0 heterocycles. The molecule has 0 aromatic heterocycles. The van der Waals surface area contributed by atoms with Crippen LogP contribution in [0.3, 0.4) is 0 Å². The summed E-state index contributed by atoms with van der Waals surface area (Å²) < 4.78 is 0. The lowest BCUT2D eigenvalue weighted by atomic mass is 9.84. The van der Waals surface area contributed by atoms with Crippen molar-refractivity contribution < 1.29 is 15.0 Å². The molecule has 4 heteroatoms. The van der Waals surface area contributed by atoms with Crippen molar-refractivity contribution in [3.8, 4) is 0 Å². The molecule has 2 aliphatic rings. The molecule has 0 saturated heterocycles. The van der Waals surface area contributed by atoms with Crippen LogP contribution in [0.4, 0.5) is 0 Å². The number of fused-ring (bicyclic) bond motifs is 2. The van der Waals surface area contributed by atoms with E-state index in [1.165, 1.54) is 0 Å². The summed E-state index contributed by atoms with van der Waals surface area (Å²) in [7, 11) is 0. The average Bonchev–Trinajstić information content (AvgIpc) is 2.74. The van der Waals surface area contributed by atoms with Gasteiger partial charge in [-0.2, -0.15) is 0 Å². The van der Waals surface area contributed by atoms with Gasteiger partial charge in [0.1, 0.15) is 0 Å². The summed E-state index contributed by atoms with van der Waals surface area (Å²) in [4.78, 5) is 11.3. The van der Waals surface area contributed by atoms with Crippen molar-refractivity contribution in [3.63, 3.8) is 0 Å². The molecule has 2 aliphatic carbocycles. The molecule has 17 heavy (non-hydrogen) atoms. The molecule has 0 aliphatic heterocycles. The van der Waals surface area contributed by atoms with Gasteiger partial charge >= 0.3 is 5.97 Å². The third-order valence-corrected chi connectivity index (χ3v) is 4.32. The van der Waals surface area contributed by atoms with Gasteiger partial charge in [0.25, 0.3) is 0 Å². The Bertz CT molecular complexity index is 298. The molecular formula is C13H23NO3. The summed E-state index contributed by atoms with van der Waals surface area (Å²) in [5, 5.41) is 22.3. The van der Waals surface area contributed by atoms with E-state index in [0.717, 1.165) is 19.3 Å². The summed E-state index contributed by atoms with van der Waals surface area (Å²) in [5.41, 5.74) is -0.677. The maximum absolute atomic E-state index is 11.3. The maximum atomic E-state index is 11.3. The van der Waals surface area contributed by atoms with Crippen LogP contribution in [0.5, 0.6) is 0 Å². The third kappa shape index (κ3) is 2.80. The van der Waals surface area contributed by atoms with Gasteiger partial charge in [-0.05, 0) is 57.9 Å². The van der Waals surface area contributed by atoms with Gasteiger partial charge < -0.3 is 15.5 Å². The van der Waals surface area contributed by atoms with Crippen molar-refractivity contribution in [1.82, 2.24) is 5.32 Å². The van der Waals surface area contributed by atoms with Crippen molar-refractivity contribution in [3.05, 3.63) is 0 Å². The number of carboxylic acid groups (broad SMARTS) is 1. The van der Waals surface area contributed by atoms with Gasteiger partial charge in [0.2, 0.25) is 0 Å². The Morgan fingerprint density at radius 2 is 2.00 bits per heavy atom.